The molecule has 1 atom stereocenters. The summed E-state index contributed by atoms with van der Waals surface area (Å²) in [5.41, 5.74) is 3.65. The molecule has 0 aromatic heterocycles. The Labute approximate surface area is 181 Å². The number of para-hydroxylation sites is 2. The number of aliphatic hydroxyl groups excluding tert-OH is 1. The molecule has 0 radical (unpaired) electrons. The van der Waals surface area contributed by atoms with Crippen molar-refractivity contribution in [2.24, 2.45) is 0 Å². The summed E-state index contributed by atoms with van der Waals surface area (Å²) in [7, 11) is 1.50. The molecule has 1 aliphatic rings. The molecule has 1 N–H and O–H groups in total. The normalized spacial score (nSPS) is 17.8. The molecule has 0 spiro atoms. The maximum Gasteiger partial charge on any atom is 0.300 e. The van der Waals surface area contributed by atoms with Crippen molar-refractivity contribution >= 4 is 23.1 Å². The predicted octanol–water partition coefficient (Wildman–Crippen LogP) is 4.94. The SMILES string of the molecule is COc1ccccc1/C(O)=C1/C(=O)C(=O)N(c2ccccc2C)C1c1cccc(C)c1. The van der Waals surface area contributed by atoms with E-state index >= 15 is 0 Å². The van der Waals surface area contributed by atoms with Gasteiger partial charge in [0.05, 0.1) is 24.3 Å². The van der Waals surface area contributed by atoms with E-state index in [1.165, 1.54) is 12.0 Å². The second-order valence-corrected chi connectivity index (χ2v) is 7.57. The quantitative estimate of drug-likeness (QED) is 0.374. The van der Waals surface area contributed by atoms with Crippen LogP contribution in [0.25, 0.3) is 5.76 Å². The maximum atomic E-state index is 13.2. The molecule has 1 heterocycles. The van der Waals surface area contributed by atoms with Crippen molar-refractivity contribution in [2.75, 3.05) is 12.0 Å². The third-order valence-electron chi connectivity index (χ3n) is 5.54. The van der Waals surface area contributed by atoms with Crippen molar-refractivity contribution in [3.63, 3.8) is 0 Å². The Balaban J connectivity index is 2.01. The van der Waals surface area contributed by atoms with Crippen LogP contribution in [0.2, 0.25) is 0 Å². The Morgan fingerprint density at radius 3 is 2.35 bits per heavy atom. The van der Waals surface area contributed by atoms with E-state index < -0.39 is 17.7 Å². The number of methoxy groups -OCH3 is 1. The van der Waals surface area contributed by atoms with Gasteiger partial charge in [0.25, 0.3) is 11.7 Å². The van der Waals surface area contributed by atoms with Gasteiger partial charge < -0.3 is 9.84 Å². The van der Waals surface area contributed by atoms with Crippen molar-refractivity contribution in [3.8, 4) is 5.75 Å². The molecular formula is C26H23NO4. The highest BCUT2D eigenvalue weighted by atomic mass is 16.5. The summed E-state index contributed by atoms with van der Waals surface area (Å²) in [6.45, 7) is 3.84. The Kier molecular flexibility index (Phi) is 5.34. The van der Waals surface area contributed by atoms with Crippen molar-refractivity contribution < 1.29 is 19.4 Å². The first kappa shape index (κ1) is 20.4. The number of carbonyl (C=O) groups excluding carboxylic acids is 2. The number of hydrogen-bond acceptors (Lipinski definition) is 4. The lowest BCUT2D eigenvalue weighted by Crippen LogP contribution is -2.30. The second-order valence-electron chi connectivity index (χ2n) is 7.57. The lowest BCUT2D eigenvalue weighted by atomic mass is 9.94. The van der Waals surface area contributed by atoms with E-state index in [-0.39, 0.29) is 11.3 Å². The summed E-state index contributed by atoms with van der Waals surface area (Å²) in [6.07, 6.45) is 0. The summed E-state index contributed by atoms with van der Waals surface area (Å²) in [6, 6.07) is 21.2. The molecule has 0 bridgehead atoms. The number of amides is 1. The van der Waals surface area contributed by atoms with Crippen LogP contribution < -0.4 is 9.64 Å². The number of hydrogen-bond donors (Lipinski definition) is 1. The minimum absolute atomic E-state index is 0.0448. The minimum atomic E-state index is -0.758. The van der Waals surface area contributed by atoms with Crippen molar-refractivity contribution in [1.82, 2.24) is 0 Å². The molecule has 0 aliphatic carbocycles. The third kappa shape index (κ3) is 3.48. The molecule has 3 aromatic rings. The van der Waals surface area contributed by atoms with Crippen LogP contribution in [-0.2, 0) is 9.59 Å². The predicted molar refractivity (Wildman–Crippen MR) is 120 cm³/mol. The van der Waals surface area contributed by atoms with Gasteiger partial charge >= 0.3 is 0 Å². The van der Waals surface area contributed by atoms with Gasteiger partial charge in [-0.15, -0.1) is 0 Å². The molecule has 156 valence electrons. The van der Waals surface area contributed by atoms with Crippen LogP contribution in [0.5, 0.6) is 5.75 Å². The number of carbonyl (C=O) groups is 2. The first-order valence-electron chi connectivity index (χ1n) is 10.0. The summed E-state index contributed by atoms with van der Waals surface area (Å²) in [4.78, 5) is 27.9. The summed E-state index contributed by atoms with van der Waals surface area (Å²) in [5.74, 6) is -1.22. The van der Waals surface area contributed by atoms with Crippen LogP contribution in [-0.4, -0.2) is 23.9 Å². The second kappa shape index (κ2) is 8.11. The van der Waals surface area contributed by atoms with Crippen molar-refractivity contribution in [2.45, 2.75) is 19.9 Å². The fourth-order valence-electron chi connectivity index (χ4n) is 4.06. The van der Waals surface area contributed by atoms with E-state index in [2.05, 4.69) is 0 Å². The summed E-state index contributed by atoms with van der Waals surface area (Å²) < 4.78 is 5.37. The van der Waals surface area contributed by atoms with Gasteiger partial charge in [0.15, 0.2) is 0 Å². The lowest BCUT2D eigenvalue weighted by Gasteiger charge is -2.27. The highest BCUT2D eigenvalue weighted by molar-refractivity contribution is 6.51. The smallest absolute Gasteiger partial charge is 0.300 e. The number of benzene rings is 3. The van der Waals surface area contributed by atoms with Crippen LogP contribution in [0, 0.1) is 13.8 Å². The molecular weight excluding hydrogens is 390 g/mol. The van der Waals surface area contributed by atoms with Gasteiger partial charge in [-0.1, -0.05) is 60.2 Å². The zero-order chi connectivity index (χ0) is 22.1. The summed E-state index contributed by atoms with van der Waals surface area (Å²) >= 11 is 0. The Morgan fingerprint density at radius 1 is 0.935 bits per heavy atom. The van der Waals surface area contributed by atoms with Gasteiger partial charge in [-0.25, -0.2) is 0 Å². The monoisotopic (exact) mass is 413 g/mol. The largest absolute Gasteiger partial charge is 0.507 e. The van der Waals surface area contributed by atoms with Gasteiger partial charge in [0.1, 0.15) is 11.5 Å². The molecule has 5 nitrogen and oxygen atoms in total. The molecule has 3 aromatic carbocycles. The molecule has 1 saturated heterocycles. The van der Waals surface area contributed by atoms with E-state index in [1.54, 1.807) is 24.3 Å². The third-order valence-corrected chi connectivity index (χ3v) is 5.54. The first-order valence-corrected chi connectivity index (χ1v) is 10.0. The Bertz CT molecular complexity index is 1210. The van der Waals surface area contributed by atoms with E-state index in [9.17, 15) is 14.7 Å². The van der Waals surface area contributed by atoms with Crippen LogP contribution in [0.1, 0.15) is 28.3 Å². The number of ketones is 1. The zero-order valence-electron chi connectivity index (χ0n) is 17.6. The van der Waals surface area contributed by atoms with Crippen LogP contribution in [0.3, 0.4) is 0 Å². The van der Waals surface area contributed by atoms with Gasteiger partial charge in [0.2, 0.25) is 0 Å². The van der Waals surface area contributed by atoms with E-state index in [0.29, 0.717) is 17.0 Å². The number of anilines is 1. The fraction of sp³-hybridized carbons (Fsp3) is 0.154. The maximum absolute atomic E-state index is 13.2. The van der Waals surface area contributed by atoms with E-state index in [0.717, 1.165) is 16.7 Å². The van der Waals surface area contributed by atoms with Crippen molar-refractivity contribution in [3.05, 3.63) is 101 Å². The fourth-order valence-corrected chi connectivity index (χ4v) is 4.06. The topological polar surface area (TPSA) is 66.8 Å². The standard InChI is InChI=1S/C26H23NO4/c1-16-9-8-11-18(15-16)23-22(24(28)19-12-5-7-14-21(19)31-3)25(29)26(30)27(23)20-13-6-4-10-17(20)2/h4-15,23,28H,1-3H3/b24-22-. The average Bonchev–Trinajstić information content (AvgIpc) is 3.04. The molecule has 5 heteroatoms. The van der Waals surface area contributed by atoms with Crippen LogP contribution in [0.15, 0.2) is 78.4 Å². The number of Topliss-reactive ketones (excluding diaryl/α,β-unsaturated/α-hetero) is 1. The molecule has 4 rings (SSSR count). The number of ether oxygens (including phenoxy) is 1. The van der Waals surface area contributed by atoms with Gasteiger partial charge in [-0.05, 0) is 43.2 Å². The van der Waals surface area contributed by atoms with E-state index in [4.69, 9.17) is 4.74 Å². The number of aryl methyl sites for hydroxylation is 2. The highest BCUT2D eigenvalue weighted by Gasteiger charge is 2.47. The van der Waals surface area contributed by atoms with Gasteiger partial charge in [-0.2, -0.15) is 0 Å². The van der Waals surface area contributed by atoms with Crippen LogP contribution >= 0.6 is 0 Å². The molecule has 1 fully saturated rings. The first-order chi connectivity index (χ1) is 14.9. The van der Waals surface area contributed by atoms with E-state index in [1.807, 2.05) is 62.4 Å². The molecule has 1 aliphatic heterocycles. The van der Waals surface area contributed by atoms with Gasteiger partial charge in [-0.3, -0.25) is 14.5 Å². The molecule has 0 saturated carbocycles. The number of aliphatic hydroxyl groups is 1. The van der Waals surface area contributed by atoms with Crippen molar-refractivity contribution in [1.29, 1.82) is 0 Å². The lowest BCUT2D eigenvalue weighted by molar-refractivity contribution is -0.132. The molecule has 1 amide bonds. The molecule has 31 heavy (non-hydrogen) atoms. The average molecular weight is 413 g/mol. The highest BCUT2D eigenvalue weighted by Crippen LogP contribution is 2.44. The molecule has 1 unspecified atom stereocenters. The Hall–Kier alpha value is -3.86. The minimum Gasteiger partial charge on any atom is -0.507 e. The summed E-state index contributed by atoms with van der Waals surface area (Å²) in [5, 5.41) is 11.3. The van der Waals surface area contributed by atoms with Gasteiger partial charge in [0, 0.05) is 5.69 Å². The van der Waals surface area contributed by atoms with Crippen LogP contribution in [0.4, 0.5) is 5.69 Å². The number of nitrogens with zero attached hydrogens (tertiary/aromatic N) is 1. The number of rotatable bonds is 4. The Morgan fingerprint density at radius 2 is 1.65 bits per heavy atom. The zero-order valence-corrected chi connectivity index (χ0v) is 17.6.